The molecule has 0 saturated carbocycles. The predicted octanol–water partition coefficient (Wildman–Crippen LogP) is 4.29. The van der Waals surface area contributed by atoms with Gasteiger partial charge in [0.05, 0.1) is 6.10 Å². The van der Waals surface area contributed by atoms with Crippen molar-refractivity contribution in [3.05, 3.63) is 89.7 Å². The van der Waals surface area contributed by atoms with Crippen LogP contribution in [0.4, 0.5) is 0 Å². The summed E-state index contributed by atoms with van der Waals surface area (Å²) in [4.78, 5) is 4.25. The lowest BCUT2D eigenvalue weighted by molar-refractivity contribution is 0.180. The number of benzene rings is 2. The summed E-state index contributed by atoms with van der Waals surface area (Å²) >= 11 is 0. The van der Waals surface area contributed by atoms with Gasteiger partial charge in [0.1, 0.15) is 18.9 Å². The first-order chi connectivity index (χ1) is 12.2. The molecule has 1 heterocycles. The van der Waals surface area contributed by atoms with Gasteiger partial charge >= 0.3 is 0 Å². The molecular formula is C21H21NO3. The topological polar surface area (TPSA) is 51.6 Å². The first kappa shape index (κ1) is 17.0. The SMILES string of the molecule is CC(O)c1nccc(OCc2ccccc2)c1OCc1ccccc1. The Labute approximate surface area is 147 Å². The van der Waals surface area contributed by atoms with Gasteiger partial charge in [-0.3, -0.25) is 4.98 Å². The van der Waals surface area contributed by atoms with E-state index < -0.39 is 6.10 Å². The van der Waals surface area contributed by atoms with E-state index in [1.165, 1.54) is 0 Å². The second-order valence-corrected chi connectivity index (χ2v) is 5.75. The zero-order valence-electron chi connectivity index (χ0n) is 14.1. The molecule has 4 heteroatoms. The standard InChI is InChI=1S/C21H21NO3/c1-16(23)20-21(25-15-18-10-6-3-7-11-18)19(12-13-22-20)24-14-17-8-4-2-5-9-17/h2-13,16,23H,14-15H2,1H3. The zero-order chi connectivity index (χ0) is 17.5. The van der Waals surface area contributed by atoms with Crippen molar-refractivity contribution in [1.29, 1.82) is 0 Å². The van der Waals surface area contributed by atoms with Gasteiger partial charge in [-0.05, 0) is 18.1 Å². The average molecular weight is 335 g/mol. The first-order valence-electron chi connectivity index (χ1n) is 8.24. The number of hydrogen-bond acceptors (Lipinski definition) is 4. The van der Waals surface area contributed by atoms with E-state index in [4.69, 9.17) is 9.47 Å². The first-order valence-corrected chi connectivity index (χ1v) is 8.24. The van der Waals surface area contributed by atoms with Gasteiger partial charge in [-0.15, -0.1) is 0 Å². The molecule has 25 heavy (non-hydrogen) atoms. The number of aromatic nitrogens is 1. The molecule has 0 spiro atoms. The molecule has 2 aromatic carbocycles. The van der Waals surface area contributed by atoms with E-state index in [0.29, 0.717) is 30.4 Å². The molecule has 0 radical (unpaired) electrons. The van der Waals surface area contributed by atoms with Crippen molar-refractivity contribution < 1.29 is 14.6 Å². The zero-order valence-corrected chi connectivity index (χ0v) is 14.1. The van der Waals surface area contributed by atoms with Gasteiger partial charge in [-0.2, -0.15) is 0 Å². The van der Waals surface area contributed by atoms with E-state index in [2.05, 4.69) is 4.98 Å². The monoisotopic (exact) mass is 335 g/mol. The third-order valence-corrected chi connectivity index (χ3v) is 3.75. The number of aliphatic hydroxyl groups excluding tert-OH is 1. The molecular weight excluding hydrogens is 314 g/mol. The number of ether oxygens (including phenoxy) is 2. The van der Waals surface area contributed by atoms with E-state index >= 15 is 0 Å². The lowest BCUT2D eigenvalue weighted by Crippen LogP contribution is -2.06. The highest BCUT2D eigenvalue weighted by Gasteiger charge is 2.17. The Morgan fingerprint density at radius 1 is 0.840 bits per heavy atom. The number of hydrogen-bond donors (Lipinski definition) is 1. The highest BCUT2D eigenvalue weighted by molar-refractivity contribution is 5.44. The Morgan fingerprint density at radius 2 is 1.40 bits per heavy atom. The number of rotatable bonds is 7. The Morgan fingerprint density at radius 3 is 1.96 bits per heavy atom. The van der Waals surface area contributed by atoms with Gasteiger partial charge in [-0.1, -0.05) is 60.7 Å². The summed E-state index contributed by atoms with van der Waals surface area (Å²) in [5, 5.41) is 10.0. The molecule has 0 fully saturated rings. The van der Waals surface area contributed by atoms with E-state index in [0.717, 1.165) is 11.1 Å². The molecule has 0 bridgehead atoms. The van der Waals surface area contributed by atoms with Gasteiger partial charge in [0.15, 0.2) is 11.5 Å². The summed E-state index contributed by atoms with van der Waals surface area (Å²) in [6.45, 7) is 2.47. The van der Waals surface area contributed by atoms with Gasteiger partial charge in [0.2, 0.25) is 0 Å². The normalized spacial score (nSPS) is 11.8. The number of nitrogens with zero attached hydrogens (tertiary/aromatic N) is 1. The molecule has 0 aliphatic rings. The van der Waals surface area contributed by atoms with Crippen LogP contribution in [0.15, 0.2) is 72.9 Å². The summed E-state index contributed by atoms with van der Waals surface area (Å²) < 4.78 is 11.9. The molecule has 0 aliphatic heterocycles. The Kier molecular flexibility index (Phi) is 5.65. The fourth-order valence-electron chi connectivity index (χ4n) is 2.47. The van der Waals surface area contributed by atoms with Gasteiger partial charge in [0, 0.05) is 12.3 Å². The van der Waals surface area contributed by atoms with Crippen molar-refractivity contribution >= 4 is 0 Å². The van der Waals surface area contributed by atoms with E-state index in [1.807, 2.05) is 60.7 Å². The third kappa shape index (κ3) is 4.58. The molecule has 1 unspecified atom stereocenters. The van der Waals surface area contributed by atoms with Crippen molar-refractivity contribution in [3.63, 3.8) is 0 Å². The third-order valence-electron chi connectivity index (χ3n) is 3.75. The summed E-state index contributed by atoms with van der Waals surface area (Å²) in [6.07, 6.45) is 0.878. The van der Waals surface area contributed by atoms with Crippen LogP contribution in [0.1, 0.15) is 29.8 Å². The van der Waals surface area contributed by atoms with Crippen molar-refractivity contribution in [2.24, 2.45) is 0 Å². The summed E-state index contributed by atoms with van der Waals surface area (Å²) in [6, 6.07) is 21.5. The quantitative estimate of drug-likeness (QED) is 0.700. The lowest BCUT2D eigenvalue weighted by atomic mass is 10.2. The summed E-state index contributed by atoms with van der Waals surface area (Å²) in [7, 11) is 0. The second-order valence-electron chi connectivity index (χ2n) is 5.75. The van der Waals surface area contributed by atoms with Crippen LogP contribution in [0.3, 0.4) is 0 Å². The highest BCUT2D eigenvalue weighted by Crippen LogP contribution is 2.34. The minimum atomic E-state index is -0.744. The molecule has 0 aliphatic carbocycles. The summed E-state index contributed by atoms with van der Waals surface area (Å²) in [5.74, 6) is 1.06. The van der Waals surface area contributed by atoms with Crippen molar-refractivity contribution in [2.75, 3.05) is 0 Å². The van der Waals surface area contributed by atoms with Crippen LogP contribution in [-0.4, -0.2) is 10.1 Å². The van der Waals surface area contributed by atoms with Crippen LogP contribution in [-0.2, 0) is 13.2 Å². The summed E-state index contributed by atoms with van der Waals surface area (Å²) in [5.41, 5.74) is 2.57. The predicted molar refractivity (Wildman–Crippen MR) is 96.4 cm³/mol. The molecule has 3 rings (SSSR count). The molecule has 128 valence electrons. The van der Waals surface area contributed by atoms with E-state index in [1.54, 1.807) is 19.2 Å². The van der Waals surface area contributed by atoms with Crippen LogP contribution in [0, 0.1) is 0 Å². The number of pyridine rings is 1. The fourth-order valence-corrected chi connectivity index (χ4v) is 2.47. The lowest BCUT2D eigenvalue weighted by Gasteiger charge is -2.17. The smallest absolute Gasteiger partial charge is 0.185 e. The van der Waals surface area contributed by atoms with E-state index in [9.17, 15) is 5.11 Å². The molecule has 1 aromatic heterocycles. The van der Waals surface area contributed by atoms with Gasteiger partial charge in [0.25, 0.3) is 0 Å². The number of aliphatic hydroxyl groups is 1. The van der Waals surface area contributed by atoms with Crippen molar-refractivity contribution in [3.8, 4) is 11.5 Å². The highest BCUT2D eigenvalue weighted by atomic mass is 16.5. The van der Waals surface area contributed by atoms with Crippen LogP contribution in [0.25, 0.3) is 0 Å². The molecule has 0 saturated heterocycles. The Hall–Kier alpha value is -2.85. The molecule has 0 amide bonds. The minimum Gasteiger partial charge on any atom is -0.485 e. The van der Waals surface area contributed by atoms with Crippen LogP contribution >= 0.6 is 0 Å². The van der Waals surface area contributed by atoms with Gasteiger partial charge < -0.3 is 14.6 Å². The maximum Gasteiger partial charge on any atom is 0.185 e. The van der Waals surface area contributed by atoms with Crippen molar-refractivity contribution in [2.45, 2.75) is 26.2 Å². The maximum atomic E-state index is 10.0. The Balaban J connectivity index is 1.80. The average Bonchev–Trinajstić information content (AvgIpc) is 2.66. The van der Waals surface area contributed by atoms with Crippen LogP contribution in [0.5, 0.6) is 11.5 Å². The largest absolute Gasteiger partial charge is 0.485 e. The fraction of sp³-hybridized carbons (Fsp3) is 0.190. The molecule has 3 aromatic rings. The minimum absolute atomic E-state index is 0.383. The van der Waals surface area contributed by atoms with Gasteiger partial charge in [-0.25, -0.2) is 0 Å². The second kappa shape index (κ2) is 8.31. The van der Waals surface area contributed by atoms with Crippen LogP contribution < -0.4 is 9.47 Å². The maximum absolute atomic E-state index is 10.0. The van der Waals surface area contributed by atoms with E-state index in [-0.39, 0.29) is 0 Å². The van der Waals surface area contributed by atoms with Crippen molar-refractivity contribution in [1.82, 2.24) is 4.98 Å². The van der Waals surface area contributed by atoms with Crippen LogP contribution in [0.2, 0.25) is 0 Å². The molecule has 1 N–H and O–H groups in total. The Bertz CT molecular complexity index is 789. The molecule has 1 atom stereocenters. The molecule has 4 nitrogen and oxygen atoms in total.